The van der Waals surface area contributed by atoms with Gasteiger partial charge in [-0.2, -0.15) is 0 Å². The Balaban J connectivity index is 1.40. The molecule has 0 fully saturated rings. The molecule has 1 atom stereocenters. The summed E-state index contributed by atoms with van der Waals surface area (Å²) in [6.07, 6.45) is 0. The molecule has 0 saturated carbocycles. The van der Waals surface area contributed by atoms with Crippen LogP contribution in [-0.4, -0.2) is 20.4 Å². The minimum Gasteiger partial charge on any atom is -0.374 e. The highest BCUT2D eigenvalue weighted by molar-refractivity contribution is 7.92. The lowest BCUT2D eigenvalue weighted by Crippen LogP contribution is -2.32. The zero-order valence-electron chi connectivity index (χ0n) is 18.9. The maximum atomic E-state index is 13.1. The molecule has 4 rings (SSSR count). The molecule has 35 heavy (non-hydrogen) atoms. The summed E-state index contributed by atoms with van der Waals surface area (Å²) in [5.74, 6) is -0.726. The topological polar surface area (TPSA) is 87.3 Å². The highest BCUT2D eigenvalue weighted by atomic mass is 32.2. The summed E-state index contributed by atoms with van der Waals surface area (Å²) in [4.78, 5) is 12.8. The fourth-order valence-corrected chi connectivity index (χ4v) is 4.54. The predicted molar refractivity (Wildman–Crippen MR) is 137 cm³/mol. The lowest BCUT2D eigenvalue weighted by molar-refractivity contribution is -0.116. The lowest BCUT2D eigenvalue weighted by atomic mass is 10.0. The van der Waals surface area contributed by atoms with Crippen molar-refractivity contribution in [3.63, 3.8) is 0 Å². The second kappa shape index (κ2) is 10.4. The molecular formula is C27H24FN3O3S. The van der Waals surface area contributed by atoms with Crippen LogP contribution >= 0.6 is 0 Å². The van der Waals surface area contributed by atoms with E-state index < -0.39 is 21.9 Å². The summed E-state index contributed by atoms with van der Waals surface area (Å²) < 4.78 is 40.5. The smallest absolute Gasteiger partial charge is 0.261 e. The van der Waals surface area contributed by atoms with Crippen LogP contribution < -0.4 is 15.4 Å². The fraction of sp³-hybridized carbons (Fsp3) is 0.0741. The molecule has 1 amide bonds. The molecule has 6 nitrogen and oxygen atoms in total. The normalized spacial score (nSPS) is 11.9. The van der Waals surface area contributed by atoms with Gasteiger partial charge in [-0.1, -0.05) is 48.5 Å². The van der Waals surface area contributed by atoms with Gasteiger partial charge < -0.3 is 10.6 Å². The zero-order chi connectivity index (χ0) is 24.8. The number of hydrogen-bond donors (Lipinski definition) is 3. The van der Waals surface area contributed by atoms with E-state index in [4.69, 9.17) is 0 Å². The maximum absolute atomic E-state index is 13.1. The van der Waals surface area contributed by atoms with Crippen molar-refractivity contribution < 1.29 is 17.6 Å². The number of benzene rings is 4. The Bertz CT molecular complexity index is 1410. The van der Waals surface area contributed by atoms with E-state index in [1.807, 2.05) is 54.6 Å². The summed E-state index contributed by atoms with van der Waals surface area (Å²) in [5, 5.41) is 6.09. The number of amides is 1. The zero-order valence-corrected chi connectivity index (χ0v) is 19.7. The van der Waals surface area contributed by atoms with E-state index in [1.54, 1.807) is 31.2 Å². The standard InChI is InChI=1S/C27H24FN3O3S/c1-19(27(32)30-26-10-6-5-9-25(26)20-7-3-2-4-8-20)29-22-13-15-23(16-14-22)31-35(33,34)24-17-11-21(28)12-18-24/h2-19,29,31H,1H3,(H,30,32). The van der Waals surface area contributed by atoms with Gasteiger partial charge in [-0.15, -0.1) is 0 Å². The van der Waals surface area contributed by atoms with Crippen molar-refractivity contribution in [2.75, 3.05) is 15.4 Å². The van der Waals surface area contributed by atoms with E-state index in [0.717, 1.165) is 23.3 Å². The highest BCUT2D eigenvalue weighted by Gasteiger charge is 2.16. The maximum Gasteiger partial charge on any atom is 0.261 e. The Morgan fingerprint density at radius 1 is 0.771 bits per heavy atom. The van der Waals surface area contributed by atoms with Gasteiger partial charge in [0, 0.05) is 22.6 Å². The van der Waals surface area contributed by atoms with Crippen LogP contribution in [0.2, 0.25) is 0 Å². The van der Waals surface area contributed by atoms with Gasteiger partial charge in [0.15, 0.2) is 0 Å². The number of nitrogens with one attached hydrogen (secondary N) is 3. The molecule has 0 aliphatic carbocycles. The third kappa shape index (κ3) is 6.04. The van der Waals surface area contributed by atoms with Gasteiger partial charge in [0.2, 0.25) is 5.91 Å². The van der Waals surface area contributed by atoms with Crippen molar-refractivity contribution in [3.8, 4) is 11.1 Å². The number of rotatable bonds is 8. The molecule has 0 heterocycles. The van der Waals surface area contributed by atoms with Crippen molar-refractivity contribution in [2.45, 2.75) is 17.9 Å². The first kappa shape index (κ1) is 24.0. The number of anilines is 3. The van der Waals surface area contributed by atoms with Crippen LogP contribution in [0.1, 0.15) is 6.92 Å². The minimum absolute atomic E-state index is 0.0396. The Morgan fingerprint density at radius 2 is 1.37 bits per heavy atom. The molecule has 0 saturated heterocycles. The molecule has 3 N–H and O–H groups in total. The van der Waals surface area contributed by atoms with Crippen LogP contribution in [0.4, 0.5) is 21.5 Å². The average Bonchev–Trinajstić information content (AvgIpc) is 2.86. The SMILES string of the molecule is CC(Nc1ccc(NS(=O)(=O)c2ccc(F)cc2)cc1)C(=O)Nc1ccccc1-c1ccccc1. The van der Waals surface area contributed by atoms with Crippen LogP contribution in [0, 0.1) is 5.82 Å². The van der Waals surface area contributed by atoms with Crippen molar-refractivity contribution >= 4 is 33.0 Å². The van der Waals surface area contributed by atoms with Crippen molar-refractivity contribution in [1.82, 2.24) is 0 Å². The molecule has 4 aromatic rings. The molecule has 0 bridgehead atoms. The second-order valence-corrected chi connectivity index (χ2v) is 9.59. The molecule has 0 spiro atoms. The number of sulfonamides is 1. The molecule has 178 valence electrons. The van der Waals surface area contributed by atoms with Crippen LogP contribution in [0.25, 0.3) is 11.1 Å². The minimum atomic E-state index is -3.84. The molecular weight excluding hydrogens is 465 g/mol. The van der Waals surface area contributed by atoms with Crippen molar-refractivity contribution in [2.24, 2.45) is 0 Å². The van der Waals surface area contributed by atoms with Crippen LogP contribution in [0.15, 0.2) is 108 Å². The highest BCUT2D eigenvalue weighted by Crippen LogP contribution is 2.28. The van der Waals surface area contributed by atoms with Crippen molar-refractivity contribution in [1.29, 1.82) is 0 Å². The van der Waals surface area contributed by atoms with E-state index in [0.29, 0.717) is 17.1 Å². The summed E-state index contributed by atoms with van der Waals surface area (Å²) >= 11 is 0. The first-order chi connectivity index (χ1) is 16.8. The Morgan fingerprint density at radius 3 is 2.06 bits per heavy atom. The summed E-state index contributed by atoms with van der Waals surface area (Å²) in [6.45, 7) is 1.74. The monoisotopic (exact) mass is 489 g/mol. The summed E-state index contributed by atoms with van der Waals surface area (Å²) in [7, 11) is -3.84. The summed E-state index contributed by atoms with van der Waals surface area (Å²) in [5.41, 5.74) is 3.62. The fourth-order valence-electron chi connectivity index (χ4n) is 3.48. The first-order valence-electron chi connectivity index (χ1n) is 10.9. The number of hydrogen-bond acceptors (Lipinski definition) is 4. The number of carbonyl (C=O) groups is 1. The van der Waals surface area contributed by atoms with Gasteiger partial charge in [-0.3, -0.25) is 9.52 Å². The predicted octanol–water partition coefficient (Wildman–Crippen LogP) is 5.73. The molecule has 0 aromatic heterocycles. The van der Waals surface area contributed by atoms with Gasteiger partial charge in [-0.05, 0) is 67.1 Å². The first-order valence-corrected chi connectivity index (χ1v) is 12.4. The molecule has 0 aliphatic rings. The number of halogens is 1. The van der Waals surface area contributed by atoms with Crippen molar-refractivity contribution in [3.05, 3.63) is 109 Å². The van der Waals surface area contributed by atoms with E-state index in [1.165, 1.54) is 12.1 Å². The summed E-state index contributed by atoms with van der Waals surface area (Å²) in [6, 6.07) is 27.9. The van der Waals surface area contributed by atoms with Gasteiger partial charge in [0.1, 0.15) is 11.9 Å². The molecule has 1 unspecified atom stereocenters. The van der Waals surface area contributed by atoms with E-state index in [9.17, 15) is 17.6 Å². The molecule has 0 aliphatic heterocycles. The van der Waals surface area contributed by atoms with Crippen LogP contribution in [-0.2, 0) is 14.8 Å². The quantitative estimate of drug-likeness (QED) is 0.295. The van der Waals surface area contributed by atoms with E-state index >= 15 is 0 Å². The van der Waals surface area contributed by atoms with Gasteiger partial charge in [-0.25, -0.2) is 12.8 Å². The Hall–Kier alpha value is -4.17. The third-order valence-electron chi connectivity index (χ3n) is 5.31. The van der Waals surface area contributed by atoms with Crippen LogP contribution in [0.3, 0.4) is 0 Å². The molecule has 8 heteroatoms. The van der Waals surface area contributed by atoms with Gasteiger partial charge in [0.25, 0.3) is 10.0 Å². The third-order valence-corrected chi connectivity index (χ3v) is 6.70. The van der Waals surface area contributed by atoms with E-state index in [2.05, 4.69) is 15.4 Å². The largest absolute Gasteiger partial charge is 0.374 e. The Labute approximate surface area is 203 Å². The van der Waals surface area contributed by atoms with Gasteiger partial charge >= 0.3 is 0 Å². The second-order valence-electron chi connectivity index (χ2n) is 7.90. The average molecular weight is 490 g/mol. The number of para-hydroxylation sites is 1. The molecule has 0 radical (unpaired) electrons. The number of carbonyl (C=O) groups excluding carboxylic acids is 1. The molecule has 4 aromatic carbocycles. The van der Waals surface area contributed by atoms with Crippen LogP contribution in [0.5, 0.6) is 0 Å². The van der Waals surface area contributed by atoms with E-state index in [-0.39, 0.29) is 10.8 Å². The lowest BCUT2D eigenvalue weighted by Gasteiger charge is -2.17. The Kier molecular flexibility index (Phi) is 7.12. The van der Waals surface area contributed by atoms with Gasteiger partial charge in [0.05, 0.1) is 4.90 Å².